The number of aryl methyl sites for hydroxylation is 1. The Morgan fingerprint density at radius 1 is 1.00 bits per heavy atom. The number of Topliss-reactive ketones (excluding diaryl/α,β-unsaturated/α-hetero) is 1. The third kappa shape index (κ3) is 5.76. The molecule has 0 aliphatic rings. The molecule has 2 aromatic carbocycles. The minimum atomic E-state index is -0.714. The van der Waals surface area contributed by atoms with Crippen molar-refractivity contribution in [3.8, 4) is 0 Å². The lowest BCUT2D eigenvalue weighted by atomic mass is 10.0. The minimum Gasteiger partial charge on any atom is -0.389 e. The molecule has 2 nitrogen and oxygen atoms in total. The molecule has 0 radical (unpaired) electrons. The third-order valence-electron chi connectivity index (χ3n) is 3.28. The van der Waals surface area contributed by atoms with Gasteiger partial charge in [0.1, 0.15) is 5.78 Å². The Labute approximate surface area is 125 Å². The highest BCUT2D eigenvalue weighted by Crippen LogP contribution is 2.08. The molecule has 0 bridgehead atoms. The molecule has 0 aliphatic carbocycles. The van der Waals surface area contributed by atoms with Crippen LogP contribution < -0.4 is 0 Å². The lowest BCUT2D eigenvalue weighted by molar-refractivity contribution is -0.120. The first-order valence-corrected chi connectivity index (χ1v) is 7.21. The molecule has 0 heterocycles. The summed E-state index contributed by atoms with van der Waals surface area (Å²) >= 11 is 0. The van der Waals surface area contributed by atoms with Gasteiger partial charge in [-0.2, -0.15) is 0 Å². The van der Waals surface area contributed by atoms with E-state index in [0.29, 0.717) is 6.42 Å². The van der Waals surface area contributed by atoms with Crippen molar-refractivity contribution in [2.75, 3.05) is 0 Å². The first kappa shape index (κ1) is 15.2. The van der Waals surface area contributed by atoms with Crippen LogP contribution in [-0.4, -0.2) is 17.0 Å². The van der Waals surface area contributed by atoms with E-state index in [0.717, 1.165) is 17.5 Å². The van der Waals surface area contributed by atoms with Crippen molar-refractivity contribution in [1.82, 2.24) is 0 Å². The van der Waals surface area contributed by atoms with Gasteiger partial charge in [0.05, 0.1) is 6.10 Å². The number of hydrogen-bond acceptors (Lipinski definition) is 2. The second kappa shape index (κ2) is 8.18. The number of rotatable bonds is 7. The molecule has 2 rings (SSSR count). The quantitative estimate of drug-likeness (QED) is 0.840. The smallest absolute Gasteiger partial charge is 0.136 e. The summed E-state index contributed by atoms with van der Waals surface area (Å²) in [5.74, 6) is 0.0871. The van der Waals surface area contributed by atoms with Gasteiger partial charge in [0.2, 0.25) is 0 Å². The van der Waals surface area contributed by atoms with Crippen molar-refractivity contribution in [2.24, 2.45) is 0 Å². The van der Waals surface area contributed by atoms with E-state index in [9.17, 15) is 9.90 Å². The van der Waals surface area contributed by atoms with Crippen LogP contribution in [0.4, 0.5) is 0 Å². The van der Waals surface area contributed by atoms with Crippen LogP contribution in [0.2, 0.25) is 0 Å². The fourth-order valence-corrected chi connectivity index (χ4v) is 2.12. The van der Waals surface area contributed by atoms with Crippen molar-refractivity contribution >= 4 is 11.9 Å². The minimum absolute atomic E-state index is 0.0871. The van der Waals surface area contributed by atoms with Crippen molar-refractivity contribution in [3.63, 3.8) is 0 Å². The molecule has 108 valence electrons. The van der Waals surface area contributed by atoms with Gasteiger partial charge in [0.25, 0.3) is 0 Å². The molecule has 0 saturated carbocycles. The molecule has 0 aliphatic heterocycles. The summed E-state index contributed by atoms with van der Waals surface area (Å²) in [6, 6.07) is 19.7. The van der Waals surface area contributed by atoms with Crippen LogP contribution >= 0.6 is 0 Å². The number of ketones is 1. The van der Waals surface area contributed by atoms with Gasteiger partial charge >= 0.3 is 0 Å². The summed E-state index contributed by atoms with van der Waals surface area (Å²) < 4.78 is 0. The number of benzene rings is 2. The van der Waals surface area contributed by atoms with E-state index in [1.54, 1.807) is 6.08 Å². The standard InChI is InChI=1S/C19H20O2/c20-18(13-11-16-7-3-1-4-8-16)15-19(21)14-12-17-9-5-2-6-10-17/h1-11,13,18,20H,12,14-15H2/t18-/m0/s1. The number of aliphatic hydroxyl groups excluding tert-OH is 1. The molecule has 0 spiro atoms. The molecule has 0 unspecified atom stereocenters. The molecule has 21 heavy (non-hydrogen) atoms. The fraction of sp³-hybridized carbons (Fsp3) is 0.211. The second-order valence-electron chi connectivity index (χ2n) is 5.07. The average molecular weight is 280 g/mol. The molecule has 0 amide bonds. The predicted molar refractivity (Wildman–Crippen MR) is 85.9 cm³/mol. The first-order valence-electron chi connectivity index (χ1n) is 7.21. The van der Waals surface area contributed by atoms with Gasteiger partial charge < -0.3 is 5.11 Å². The SMILES string of the molecule is O=C(CCc1ccccc1)C[C@@H](O)C=Cc1ccccc1. The Balaban J connectivity index is 1.76. The van der Waals surface area contributed by atoms with Crippen molar-refractivity contribution in [3.05, 3.63) is 77.9 Å². The lowest BCUT2D eigenvalue weighted by Crippen LogP contribution is -2.11. The monoisotopic (exact) mass is 280 g/mol. The van der Waals surface area contributed by atoms with Crippen molar-refractivity contribution in [1.29, 1.82) is 0 Å². The van der Waals surface area contributed by atoms with Gasteiger partial charge in [0.15, 0.2) is 0 Å². The molecule has 0 saturated heterocycles. The highest BCUT2D eigenvalue weighted by molar-refractivity contribution is 5.79. The molecular formula is C19H20O2. The zero-order valence-corrected chi connectivity index (χ0v) is 12.0. The Bertz CT molecular complexity index is 573. The number of carbonyl (C=O) groups is 1. The largest absolute Gasteiger partial charge is 0.389 e. The maximum atomic E-state index is 11.8. The second-order valence-corrected chi connectivity index (χ2v) is 5.07. The predicted octanol–water partition coefficient (Wildman–Crippen LogP) is 3.65. The summed E-state index contributed by atoms with van der Waals surface area (Å²) in [5, 5.41) is 9.87. The van der Waals surface area contributed by atoms with Crippen LogP contribution in [0.1, 0.15) is 24.0 Å². The van der Waals surface area contributed by atoms with Gasteiger partial charge in [-0.3, -0.25) is 4.79 Å². The maximum Gasteiger partial charge on any atom is 0.136 e. The van der Waals surface area contributed by atoms with Gasteiger partial charge in [0, 0.05) is 12.8 Å². The Morgan fingerprint density at radius 2 is 1.62 bits per heavy atom. The van der Waals surface area contributed by atoms with Crippen LogP contribution in [0.25, 0.3) is 6.08 Å². The van der Waals surface area contributed by atoms with E-state index in [2.05, 4.69) is 0 Å². The molecule has 1 atom stereocenters. The number of aliphatic hydroxyl groups is 1. The van der Waals surface area contributed by atoms with E-state index < -0.39 is 6.10 Å². The van der Waals surface area contributed by atoms with Crippen LogP contribution in [0.3, 0.4) is 0 Å². The molecule has 0 fully saturated rings. The van der Waals surface area contributed by atoms with E-state index in [1.807, 2.05) is 66.7 Å². The van der Waals surface area contributed by atoms with Crippen LogP contribution in [-0.2, 0) is 11.2 Å². The van der Waals surface area contributed by atoms with E-state index >= 15 is 0 Å². The van der Waals surface area contributed by atoms with Crippen LogP contribution in [0.15, 0.2) is 66.7 Å². The van der Waals surface area contributed by atoms with E-state index in [-0.39, 0.29) is 12.2 Å². The Hall–Kier alpha value is -2.19. The molecule has 1 N–H and O–H groups in total. The van der Waals surface area contributed by atoms with E-state index in [1.165, 1.54) is 0 Å². The van der Waals surface area contributed by atoms with Gasteiger partial charge in [-0.05, 0) is 17.5 Å². The van der Waals surface area contributed by atoms with Gasteiger partial charge in [-0.1, -0.05) is 72.8 Å². The Morgan fingerprint density at radius 3 is 2.29 bits per heavy atom. The first-order chi connectivity index (χ1) is 10.2. The summed E-state index contributed by atoms with van der Waals surface area (Å²) in [5.41, 5.74) is 2.17. The lowest BCUT2D eigenvalue weighted by Gasteiger charge is -2.05. The van der Waals surface area contributed by atoms with Gasteiger partial charge in [-0.25, -0.2) is 0 Å². The van der Waals surface area contributed by atoms with E-state index in [4.69, 9.17) is 0 Å². The highest BCUT2D eigenvalue weighted by atomic mass is 16.3. The number of carbonyl (C=O) groups excluding carboxylic acids is 1. The normalized spacial score (nSPS) is 12.4. The molecule has 2 heteroatoms. The molecular weight excluding hydrogens is 260 g/mol. The summed E-state index contributed by atoms with van der Waals surface area (Å²) in [7, 11) is 0. The average Bonchev–Trinajstić information content (AvgIpc) is 2.53. The molecule has 2 aromatic rings. The summed E-state index contributed by atoms with van der Waals surface area (Å²) in [6.45, 7) is 0. The van der Waals surface area contributed by atoms with Crippen LogP contribution in [0, 0.1) is 0 Å². The molecule has 0 aromatic heterocycles. The summed E-state index contributed by atoms with van der Waals surface area (Å²) in [4.78, 5) is 11.8. The number of hydrogen-bond donors (Lipinski definition) is 1. The zero-order valence-electron chi connectivity index (χ0n) is 12.0. The fourth-order valence-electron chi connectivity index (χ4n) is 2.12. The van der Waals surface area contributed by atoms with Crippen LogP contribution in [0.5, 0.6) is 0 Å². The zero-order chi connectivity index (χ0) is 14.9. The topological polar surface area (TPSA) is 37.3 Å². The highest BCUT2D eigenvalue weighted by Gasteiger charge is 2.08. The summed E-state index contributed by atoms with van der Waals surface area (Å²) in [6.07, 6.45) is 4.18. The maximum absolute atomic E-state index is 11.8. The Kier molecular flexibility index (Phi) is 5.92. The third-order valence-corrected chi connectivity index (χ3v) is 3.28. The van der Waals surface area contributed by atoms with Gasteiger partial charge in [-0.15, -0.1) is 0 Å². The van der Waals surface area contributed by atoms with Crippen molar-refractivity contribution in [2.45, 2.75) is 25.4 Å². The van der Waals surface area contributed by atoms with Crippen molar-refractivity contribution < 1.29 is 9.90 Å².